The highest BCUT2D eigenvalue weighted by Gasteiger charge is 2.17. The van der Waals surface area contributed by atoms with Gasteiger partial charge in [0.15, 0.2) is 21.3 Å². The summed E-state index contributed by atoms with van der Waals surface area (Å²) in [5.41, 5.74) is 1.72. The molecule has 0 aliphatic carbocycles. The van der Waals surface area contributed by atoms with E-state index in [0.717, 1.165) is 30.4 Å². The average molecular weight is 348 g/mol. The molecule has 0 spiro atoms. The van der Waals surface area contributed by atoms with Crippen molar-refractivity contribution < 1.29 is 23.0 Å². The number of ether oxygens (including phenoxy) is 2. The molecule has 0 saturated carbocycles. The molecule has 1 atom stereocenters. The van der Waals surface area contributed by atoms with Gasteiger partial charge in [0.25, 0.3) is 0 Å². The van der Waals surface area contributed by atoms with Gasteiger partial charge in [-0.25, -0.2) is 8.42 Å². The molecule has 0 radical (unpaired) electrons. The summed E-state index contributed by atoms with van der Waals surface area (Å²) in [6.07, 6.45) is 2.26. The van der Waals surface area contributed by atoms with Crippen molar-refractivity contribution in [3.05, 3.63) is 53.6 Å². The fraction of sp³-hybridized carbons (Fsp3) is 0.333. The normalized spacial score (nSPS) is 15.2. The van der Waals surface area contributed by atoms with Crippen molar-refractivity contribution in [3.8, 4) is 11.5 Å². The van der Waals surface area contributed by atoms with Crippen molar-refractivity contribution in [2.75, 3.05) is 19.5 Å². The Hall–Kier alpha value is -2.05. The standard InChI is InChI=1S/C18H20O5S/c1-24(20,21)15-9-7-13(8-10-15)16(19)12-23-17-6-2-4-14-5-3-11-22-18(14)17/h2,4,6-10,16,19H,3,5,11-12H2,1H3. The number of aliphatic hydroxyl groups is 1. The lowest BCUT2D eigenvalue weighted by molar-refractivity contribution is 0.105. The minimum Gasteiger partial charge on any atom is -0.489 e. The molecule has 24 heavy (non-hydrogen) atoms. The maximum Gasteiger partial charge on any atom is 0.175 e. The lowest BCUT2D eigenvalue weighted by Crippen LogP contribution is -2.13. The summed E-state index contributed by atoms with van der Waals surface area (Å²) < 4.78 is 34.3. The van der Waals surface area contributed by atoms with E-state index < -0.39 is 15.9 Å². The van der Waals surface area contributed by atoms with E-state index in [1.807, 2.05) is 18.2 Å². The van der Waals surface area contributed by atoms with Crippen molar-refractivity contribution >= 4 is 9.84 Å². The number of hydrogen-bond donors (Lipinski definition) is 1. The van der Waals surface area contributed by atoms with Crippen LogP contribution in [0.5, 0.6) is 11.5 Å². The van der Waals surface area contributed by atoms with Crippen molar-refractivity contribution in [3.63, 3.8) is 0 Å². The van der Waals surface area contributed by atoms with Crippen molar-refractivity contribution in [2.24, 2.45) is 0 Å². The molecule has 128 valence electrons. The number of sulfone groups is 1. The summed E-state index contributed by atoms with van der Waals surface area (Å²) in [6, 6.07) is 11.9. The Morgan fingerprint density at radius 1 is 1.21 bits per heavy atom. The summed E-state index contributed by atoms with van der Waals surface area (Å²) in [4.78, 5) is 0.227. The van der Waals surface area contributed by atoms with Crippen LogP contribution in [0.4, 0.5) is 0 Å². The van der Waals surface area contributed by atoms with Crippen LogP contribution in [-0.4, -0.2) is 33.0 Å². The van der Waals surface area contributed by atoms with E-state index in [2.05, 4.69) is 0 Å². The van der Waals surface area contributed by atoms with E-state index in [9.17, 15) is 13.5 Å². The number of aliphatic hydroxyl groups excluding tert-OH is 1. The molecule has 1 aliphatic rings. The van der Waals surface area contributed by atoms with Gasteiger partial charge in [0.2, 0.25) is 0 Å². The molecular formula is C18H20O5S. The van der Waals surface area contributed by atoms with Gasteiger partial charge in [0.1, 0.15) is 12.7 Å². The van der Waals surface area contributed by atoms with Gasteiger partial charge in [0.05, 0.1) is 11.5 Å². The topological polar surface area (TPSA) is 72.8 Å². The minimum atomic E-state index is -3.24. The second kappa shape index (κ2) is 6.83. The highest BCUT2D eigenvalue weighted by atomic mass is 32.2. The Bertz CT molecular complexity index is 812. The third-order valence-corrected chi connectivity index (χ3v) is 5.12. The maximum atomic E-state index is 11.5. The molecule has 3 rings (SSSR count). The fourth-order valence-corrected chi connectivity index (χ4v) is 3.31. The van der Waals surface area contributed by atoms with Gasteiger partial charge in [-0.05, 0) is 42.2 Å². The summed E-state index contributed by atoms with van der Waals surface area (Å²) in [7, 11) is -3.24. The molecule has 2 aromatic carbocycles. The van der Waals surface area contributed by atoms with E-state index in [1.54, 1.807) is 12.1 Å². The summed E-state index contributed by atoms with van der Waals surface area (Å²) >= 11 is 0. The first kappa shape index (κ1) is 16.8. The van der Waals surface area contributed by atoms with Gasteiger partial charge in [-0.3, -0.25) is 0 Å². The molecular weight excluding hydrogens is 328 g/mol. The maximum absolute atomic E-state index is 11.5. The molecule has 0 bridgehead atoms. The second-order valence-corrected chi connectivity index (χ2v) is 7.88. The number of rotatable bonds is 5. The summed E-state index contributed by atoms with van der Waals surface area (Å²) in [5.74, 6) is 1.38. The van der Waals surface area contributed by atoms with Crippen LogP contribution in [-0.2, 0) is 16.3 Å². The Kier molecular flexibility index (Phi) is 4.78. The second-order valence-electron chi connectivity index (χ2n) is 5.86. The predicted octanol–water partition coefficient (Wildman–Crippen LogP) is 2.53. The molecule has 2 aromatic rings. The largest absolute Gasteiger partial charge is 0.489 e. The van der Waals surface area contributed by atoms with Gasteiger partial charge in [0, 0.05) is 6.26 Å². The molecule has 5 nitrogen and oxygen atoms in total. The first-order chi connectivity index (χ1) is 11.4. The van der Waals surface area contributed by atoms with Crippen LogP contribution < -0.4 is 9.47 Å². The predicted molar refractivity (Wildman–Crippen MR) is 90.3 cm³/mol. The quantitative estimate of drug-likeness (QED) is 0.899. The first-order valence-corrected chi connectivity index (χ1v) is 9.70. The van der Waals surface area contributed by atoms with Gasteiger partial charge in [-0.1, -0.05) is 24.3 Å². The molecule has 0 aromatic heterocycles. The summed E-state index contributed by atoms with van der Waals surface area (Å²) in [6.45, 7) is 0.737. The van der Waals surface area contributed by atoms with Crippen LogP contribution >= 0.6 is 0 Å². The molecule has 0 saturated heterocycles. The van der Waals surface area contributed by atoms with Gasteiger partial charge >= 0.3 is 0 Å². The molecule has 0 amide bonds. The van der Waals surface area contributed by atoms with Gasteiger partial charge in [-0.2, -0.15) is 0 Å². The first-order valence-electron chi connectivity index (χ1n) is 7.81. The molecule has 6 heteroatoms. The van der Waals surface area contributed by atoms with E-state index >= 15 is 0 Å². The Morgan fingerprint density at radius 2 is 1.96 bits per heavy atom. The van der Waals surface area contributed by atoms with Gasteiger partial charge < -0.3 is 14.6 Å². The molecule has 1 heterocycles. The third kappa shape index (κ3) is 3.71. The highest BCUT2D eigenvalue weighted by Crippen LogP contribution is 2.35. The van der Waals surface area contributed by atoms with Crippen LogP contribution in [0.15, 0.2) is 47.4 Å². The smallest absolute Gasteiger partial charge is 0.175 e. The van der Waals surface area contributed by atoms with Crippen LogP contribution in [0.3, 0.4) is 0 Å². The SMILES string of the molecule is CS(=O)(=O)c1ccc(C(O)COc2cccc3c2OCCC3)cc1. The number of para-hydroxylation sites is 1. The van der Waals surface area contributed by atoms with E-state index in [1.165, 1.54) is 12.1 Å². The Labute approximate surface area is 141 Å². The van der Waals surface area contributed by atoms with E-state index in [-0.39, 0.29) is 11.5 Å². The van der Waals surface area contributed by atoms with Crippen molar-refractivity contribution in [2.45, 2.75) is 23.8 Å². The zero-order valence-electron chi connectivity index (χ0n) is 13.4. The molecule has 0 fully saturated rings. The van der Waals surface area contributed by atoms with Crippen LogP contribution in [0.1, 0.15) is 23.7 Å². The van der Waals surface area contributed by atoms with Crippen LogP contribution in [0.25, 0.3) is 0 Å². The lowest BCUT2D eigenvalue weighted by Gasteiger charge is -2.21. The van der Waals surface area contributed by atoms with E-state index in [4.69, 9.17) is 9.47 Å². The number of benzene rings is 2. The average Bonchev–Trinajstić information content (AvgIpc) is 2.59. The van der Waals surface area contributed by atoms with Crippen molar-refractivity contribution in [1.29, 1.82) is 0 Å². The van der Waals surface area contributed by atoms with Crippen LogP contribution in [0.2, 0.25) is 0 Å². The van der Waals surface area contributed by atoms with Crippen molar-refractivity contribution in [1.82, 2.24) is 0 Å². The Balaban J connectivity index is 1.69. The fourth-order valence-electron chi connectivity index (χ4n) is 2.67. The molecule has 1 unspecified atom stereocenters. The van der Waals surface area contributed by atoms with E-state index in [0.29, 0.717) is 17.9 Å². The zero-order chi connectivity index (χ0) is 17.2. The molecule has 1 aliphatic heterocycles. The molecule has 1 N–H and O–H groups in total. The van der Waals surface area contributed by atoms with Crippen LogP contribution in [0, 0.1) is 0 Å². The Morgan fingerprint density at radius 3 is 2.67 bits per heavy atom. The lowest BCUT2D eigenvalue weighted by atomic mass is 10.1. The third-order valence-electron chi connectivity index (χ3n) is 3.99. The monoisotopic (exact) mass is 348 g/mol. The highest BCUT2D eigenvalue weighted by molar-refractivity contribution is 7.90. The zero-order valence-corrected chi connectivity index (χ0v) is 14.3. The number of fused-ring (bicyclic) bond motifs is 1. The number of hydrogen-bond acceptors (Lipinski definition) is 5. The minimum absolute atomic E-state index is 0.0675. The van der Waals surface area contributed by atoms with Gasteiger partial charge in [-0.15, -0.1) is 0 Å². The summed E-state index contributed by atoms with van der Waals surface area (Å²) in [5, 5.41) is 10.3. The number of aryl methyl sites for hydroxylation is 1.